The van der Waals surface area contributed by atoms with Gasteiger partial charge in [0.15, 0.2) is 11.6 Å². The summed E-state index contributed by atoms with van der Waals surface area (Å²) in [4.78, 5) is 24.6. The summed E-state index contributed by atoms with van der Waals surface area (Å²) in [6.45, 7) is 5.70. The van der Waals surface area contributed by atoms with Crippen LogP contribution in [0.3, 0.4) is 0 Å². The van der Waals surface area contributed by atoms with Crippen molar-refractivity contribution in [1.29, 1.82) is 0 Å². The number of carbonyl (C=O) groups is 2. The molecule has 0 saturated heterocycles. The second-order valence-corrected chi connectivity index (χ2v) is 17.8. The van der Waals surface area contributed by atoms with Crippen molar-refractivity contribution in [2.75, 3.05) is 0 Å². The summed E-state index contributed by atoms with van der Waals surface area (Å²) in [5.74, 6) is -0.125. The first-order valence-electron chi connectivity index (χ1n) is 23.2. The third-order valence-corrected chi connectivity index (χ3v) is 13.0. The van der Waals surface area contributed by atoms with Gasteiger partial charge in [-0.1, -0.05) is 116 Å². The first-order valence-corrected chi connectivity index (χ1v) is 23.2. The van der Waals surface area contributed by atoms with E-state index in [1.165, 1.54) is 149 Å². The molecule has 9 aromatic rings. The van der Waals surface area contributed by atoms with Crippen LogP contribution in [0.15, 0.2) is 200 Å². The Morgan fingerprint density at radius 1 is 0.551 bits per heavy atom. The van der Waals surface area contributed by atoms with E-state index >= 15 is 0 Å². The summed E-state index contributed by atoms with van der Waals surface area (Å²) in [5.41, 5.74) is 18.9. The van der Waals surface area contributed by atoms with Gasteiger partial charge in [-0.3, -0.25) is 9.59 Å². The fourth-order valence-corrected chi connectivity index (χ4v) is 10.2. The van der Waals surface area contributed by atoms with Gasteiger partial charge in [0, 0.05) is 60.3 Å². The Morgan fingerprint density at radius 3 is 1.55 bits per heavy atom. The van der Waals surface area contributed by atoms with E-state index in [-0.39, 0.29) is 48.6 Å². The third-order valence-electron chi connectivity index (χ3n) is 13.0. The molecule has 0 amide bonds. The molecule has 2 aliphatic rings. The molecule has 0 atom stereocenters. The summed E-state index contributed by atoms with van der Waals surface area (Å²) in [7, 11) is 0. The molecule has 69 heavy (non-hydrogen) atoms. The van der Waals surface area contributed by atoms with Crippen LogP contribution in [0.1, 0.15) is 64.5 Å². The molecule has 2 aliphatic carbocycles. The summed E-state index contributed by atoms with van der Waals surface area (Å²) < 4.78 is 2.40. The van der Waals surface area contributed by atoms with Crippen LogP contribution in [0.4, 0.5) is 0 Å². The average Bonchev–Trinajstić information content (AvgIpc) is 4.05. The zero-order valence-electron chi connectivity index (χ0n) is 39.2. The van der Waals surface area contributed by atoms with Crippen molar-refractivity contribution in [3.05, 3.63) is 217 Å². The van der Waals surface area contributed by atoms with Gasteiger partial charge in [0.2, 0.25) is 0 Å². The molecule has 0 bridgehead atoms. The Labute approximate surface area is 417 Å². The van der Waals surface area contributed by atoms with E-state index in [0.717, 1.165) is 11.3 Å². The minimum Gasteiger partial charge on any atom is -0.512 e. The number of aliphatic hydroxyl groups is 2. The Hall–Kier alpha value is -7.44. The quantitative estimate of drug-likeness (QED) is 0.0942. The molecule has 7 aromatic carbocycles. The van der Waals surface area contributed by atoms with Gasteiger partial charge < -0.3 is 19.8 Å². The summed E-state index contributed by atoms with van der Waals surface area (Å²) in [6, 6.07) is 65.8. The molecule has 7 heteroatoms. The smallest absolute Gasteiger partial charge is 0.155 e. The van der Waals surface area contributed by atoms with Crippen LogP contribution in [0.5, 0.6) is 0 Å². The molecule has 6 nitrogen and oxygen atoms in total. The number of hydrogen-bond acceptors (Lipinski definition) is 5. The number of pyridine rings is 1. The van der Waals surface area contributed by atoms with Crippen molar-refractivity contribution in [2.24, 2.45) is 0 Å². The molecule has 1 saturated carbocycles. The van der Waals surface area contributed by atoms with E-state index < -0.39 is 0 Å². The van der Waals surface area contributed by atoms with Crippen molar-refractivity contribution < 1.29 is 39.9 Å². The Morgan fingerprint density at radius 2 is 1.04 bits per heavy atom. The molecular formula is C62H53IrN2O4-. The predicted octanol–water partition coefficient (Wildman–Crippen LogP) is 15.6. The SMILES string of the molecule is CC(=O)/C=C(/C)O.CC(=O)/C=C(/C)O.[Ir].[c-]1ccc(-c2cccc(-c3ccc4c(c3)C3(CCCC3)c3cc(-c5ccc(-n6c7ccccc7c7ccccc76)cc5)ccc3-4)c2)cc1-c1ccccn1. The maximum absolute atomic E-state index is 10.0. The van der Waals surface area contributed by atoms with Gasteiger partial charge in [-0.25, -0.2) is 0 Å². The number of para-hydroxylation sites is 2. The molecule has 2 heterocycles. The van der Waals surface area contributed by atoms with E-state index in [9.17, 15) is 9.59 Å². The van der Waals surface area contributed by atoms with Gasteiger partial charge in [0.1, 0.15) is 0 Å². The second-order valence-electron chi connectivity index (χ2n) is 17.8. The van der Waals surface area contributed by atoms with Gasteiger partial charge in [-0.05, 0) is 145 Å². The molecule has 0 unspecified atom stereocenters. The fourth-order valence-electron chi connectivity index (χ4n) is 10.2. The number of hydrogen-bond donors (Lipinski definition) is 2. The van der Waals surface area contributed by atoms with Crippen LogP contribution < -0.4 is 0 Å². The Balaban J connectivity index is 0.000000377. The van der Waals surface area contributed by atoms with E-state index in [1.807, 2.05) is 30.5 Å². The van der Waals surface area contributed by atoms with E-state index in [2.05, 4.69) is 161 Å². The van der Waals surface area contributed by atoms with Gasteiger partial charge in [0.25, 0.3) is 0 Å². The molecule has 2 aromatic heterocycles. The number of carbonyl (C=O) groups excluding carboxylic acids is 2. The number of benzene rings is 7. The standard InChI is InChI=1S/C52H37N2.2C5H8O2.Ir/c1-3-18-50-45(15-1)46-16-2-4-19-51(46)54(50)42-24-20-35(21-25-42)39-22-26-43-44-27-23-40(34-48(44)52(47(43)33-39)28-6-7-29-52)37-12-9-11-36(31-37)38-13-10-14-41(32-38)49-17-5-8-30-53-49;2*1-4(6)3-5(2)7;/h1-5,8-13,15-27,30-34H,6-7,28-29H2;2*3,6H,1-2H3;/q-1;;;/b;2*4-3-;. The van der Waals surface area contributed by atoms with E-state index in [4.69, 9.17) is 10.2 Å². The molecule has 2 N–H and O–H groups in total. The number of aromatic nitrogens is 2. The van der Waals surface area contributed by atoms with Gasteiger partial charge in [-0.15, -0.1) is 35.4 Å². The Kier molecular flexibility index (Phi) is 14.5. The molecule has 0 aliphatic heterocycles. The largest absolute Gasteiger partial charge is 0.512 e. The normalized spacial score (nSPS) is 13.4. The zero-order valence-corrected chi connectivity index (χ0v) is 41.6. The molecule has 1 radical (unpaired) electrons. The first kappa shape index (κ1) is 48.0. The summed E-state index contributed by atoms with van der Waals surface area (Å²) >= 11 is 0. The van der Waals surface area contributed by atoms with Crippen LogP contribution >= 0.6 is 0 Å². The maximum Gasteiger partial charge on any atom is 0.155 e. The average molecular weight is 1080 g/mol. The van der Waals surface area contributed by atoms with Crippen LogP contribution in [-0.4, -0.2) is 31.3 Å². The number of nitrogens with zero attached hydrogens (tertiary/aromatic N) is 2. The number of fused-ring (bicyclic) bond motifs is 8. The second kappa shape index (κ2) is 20.8. The summed E-state index contributed by atoms with van der Waals surface area (Å²) in [6.07, 6.45) is 9.10. The molecule has 345 valence electrons. The van der Waals surface area contributed by atoms with Gasteiger partial charge in [-0.2, -0.15) is 0 Å². The minimum atomic E-state index is -0.125. The van der Waals surface area contributed by atoms with Gasteiger partial charge >= 0.3 is 0 Å². The number of allylic oxidation sites excluding steroid dienone is 4. The van der Waals surface area contributed by atoms with E-state index in [0.29, 0.717) is 0 Å². The molecular weight excluding hydrogens is 1030 g/mol. The van der Waals surface area contributed by atoms with Crippen molar-refractivity contribution in [2.45, 2.75) is 58.8 Å². The van der Waals surface area contributed by atoms with Crippen LogP contribution in [-0.2, 0) is 35.1 Å². The third kappa shape index (κ3) is 10.1. The van der Waals surface area contributed by atoms with Crippen molar-refractivity contribution in [3.63, 3.8) is 0 Å². The van der Waals surface area contributed by atoms with Crippen molar-refractivity contribution >= 4 is 33.4 Å². The van der Waals surface area contributed by atoms with Crippen LogP contribution in [0.25, 0.3) is 83.3 Å². The topological polar surface area (TPSA) is 92.4 Å². The summed E-state index contributed by atoms with van der Waals surface area (Å²) in [5, 5.41) is 19.3. The van der Waals surface area contributed by atoms with Crippen molar-refractivity contribution in [1.82, 2.24) is 9.55 Å². The number of rotatable bonds is 7. The fraction of sp³-hybridized carbons (Fsp3) is 0.145. The maximum atomic E-state index is 10.0. The van der Waals surface area contributed by atoms with Crippen molar-refractivity contribution in [3.8, 4) is 61.5 Å². The monoisotopic (exact) mass is 1080 g/mol. The van der Waals surface area contributed by atoms with E-state index in [1.54, 1.807) is 0 Å². The number of aliphatic hydroxyl groups excluding tert-OH is 2. The van der Waals surface area contributed by atoms with Gasteiger partial charge in [0.05, 0.1) is 22.6 Å². The van der Waals surface area contributed by atoms with Crippen LogP contribution in [0, 0.1) is 6.07 Å². The molecule has 1 fully saturated rings. The molecule has 1 spiro atoms. The number of ketones is 2. The minimum absolute atomic E-state index is 0. The van der Waals surface area contributed by atoms with Crippen LogP contribution in [0.2, 0.25) is 0 Å². The molecule has 11 rings (SSSR count). The zero-order chi connectivity index (χ0) is 47.4. The first-order chi connectivity index (χ1) is 33.0. The Bertz CT molecular complexity index is 3310. The predicted molar refractivity (Wildman–Crippen MR) is 278 cm³/mol.